The number of carbonyl (C=O) groups is 2. The Morgan fingerprint density at radius 2 is 1.48 bits per heavy atom. The highest BCUT2D eigenvalue weighted by molar-refractivity contribution is 7.92. The highest BCUT2D eigenvalue weighted by atomic mass is 32.2. The molecule has 0 fully saturated rings. The van der Waals surface area contributed by atoms with E-state index < -0.39 is 15.9 Å². The lowest BCUT2D eigenvalue weighted by molar-refractivity contribution is 0.101. The first-order valence-electron chi connectivity index (χ1n) is 8.87. The first-order chi connectivity index (χ1) is 13.8. The lowest BCUT2D eigenvalue weighted by atomic mass is 10.1. The van der Waals surface area contributed by atoms with Crippen LogP contribution < -0.4 is 10.0 Å². The number of sulfonamides is 1. The van der Waals surface area contributed by atoms with Crippen LogP contribution >= 0.6 is 0 Å². The lowest BCUT2D eigenvalue weighted by Gasteiger charge is -2.13. The number of nitrogens with one attached hydrogen (secondary N) is 2. The maximum Gasteiger partial charge on any atom is 0.262 e. The number of Topliss-reactive ketones (excluding diaryl/α,β-unsaturated/α-hetero) is 1. The fourth-order valence-corrected chi connectivity index (χ4v) is 4.09. The summed E-state index contributed by atoms with van der Waals surface area (Å²) < 4.78 is 28.3. The monoisotopic (exact) mass is 408 g/mol. The van der Waals surface area contributed by atoms with Gasteiger partial charge in [0.05, 0.1) is 4.90 Å². The Balaban J connectivity index is 1.89. The molecule has 3 aromatic rings. The van der Waals surface area contributed by atoms with Gasteiger partial charge >= 0.3 is 0 Å². The van der Waals surface area contributed by atoms with Crippen LogP contribution in [0.3, 0.4) is 0 Å². The van der Waals surface area contributed by atoms with Gasteiger partial charge in [-0.1, -0.05) is 36.4 Å². The van der Waals surface area contributed by atoms with Crippen LogP contribution in [0.15, 0.2) is 77.7 Å². The van der Waals surface area contributed by atoms with Crippen LogP contribution in [0.25, 0.3) is 0 Å². The molecule has 0 heterocycles. The summed E-state index contributed by atoms with van der Waals surface area (Å²) in [4.78, 5) is 24.0. The molecule has 7 heteroatoms. The van der Waals surface area contributed by atoms with Crippen molar-refractivity contribution in [2.24, 2.45) is 0 Å². The van der Waals surface area contributed by atoms with Crippen molar-refractivity contribution in [3.8, 4) is 0 Å². The smallest absolute Gasteiger partial charge is 0.262 e. The molecule has 0 spiro atoms. The normalized spacial score (nSPS) is 11.0. The Labute approximate surface area is 169 Å². The van der Waals surface area contributed by atoms with Gasteiger partial charge in [0.1, 0.15) is 0 Å². The van der Waals surface area contributed by atoms with E-state index in [0.717, 1.165) is 0 Å². The summed E-state index contributed by atoms with van der Waals surface area (Å²) in [6.07, 6.45) is 0. The maximum atomic E-state index is 12.9. The van der Waals surface area contributed by atoms with Crippen molar-refractivity contribution in [1.29, 1.82) is 0 Å². The average Bonchev–Trinajstić information content (AvgIpc) is 2.68. The molecule has 0 saturated carbocycles. The van der Waals surface area contributed by atoms with Crippen LogP contribution in [0.5, 0.6) is 0 Å². The second-order valence-corrected chi connectivity index (χ2v) is 8.19. The van der Waals surface area contributed by atoms with E-state index in [4.69, 9.17) is 0 Å². The first kappa shape index (κ1) is 20.3. The van der Waals surface area contributed by atoms with Gasteiger partial charge in [-0.05, 0) is 55.8 Å². The standard InChI is InChI=1S/C22H20N2O4S/c1-15-11-12-18(22(26)23-19-8-4-3-5-9-19)14-21(15)29(27,28)24-20-10-6-7-17(13-20)16(2)25/h3-14,24H,1-2H3,(H,23,26). The minimum absolute atomic E-state index is 0.00793. The summed E-state index contributed by atoms with van der Waals surface area (Å²) >= 11 is 0. The zero-order valence-corrected chi connectivity index (χ0v) is 16.8. The summed E-state index contributed by atoms with van der Waals surface area (Å²) in [5, 5.41) is 2.73. The van der Waals surface area contributed by atoms with Gasteiger partial charge in [0.25, 0.3) is 15.9 Å². The maximum absolute atomic E-state index is 12.9. The molecule has 0 aliphatic rings. The van der Waals surface area contributed by atoms with E-state index in [2.05, 4.69) is 10.0 Å². The highest BCUT2D eigenvalue weighted by Gasteiger charge is 2.20. The largest absolute Gasteiger partial charge is 0.322 e. The Bertz CT molecular complexity index is 1170. The van der Waals surface area contributed by atoms with Crippen molar-refractivity contribution in [1.82, 2.24) is 0 Å². The molecular weight excluding hydrogens is 388 g/mol. The molecule has 2 N–H and O–H groups in total. The fraction of sp³-hybridized carbons (Fsp3) is 0.0909. The first-order valence-corrected chi connectivity index (χ1v) is 10.4. The second-order valence-electron chi connectivity index (χ2n) is 6.54. The lowest BCUT2D eigenvalue weighted by Crippen LogP contribution is -2.17. The highest BCUT2D eigenvalue weighted by Crippen LogP contribution is 2.22. The van der Waals surface area contributed by atoms with Gasteiger partial charge in [-0.25, -0.2) is 8.42 Å². The quantitative estimate of drug-likeness (QED) is 0.597. The van der Waals surface area contributed by atoms with Crippen LogP contribution in [0.4, 0.5) is 11.4 Å². The van der Waals surface area contributed by atoms with Gasteiger partial charge in [0.2, 0.25) is 0 Å². The number of benzene rings is 3. The molecule has 29 heavy (non-hydrogen) atoms. The third kappa shape index (κ3) is 4.89. The van der Waals surface area contributed by atoms with Crippen LogP contribution in [0.2, 0.25) is 0 Å². The van der Waals surface area contributed by atoms with E-state index in [1.54, 1.807) is 61.5 Å². The summed E-state index contributed by atoms with van der Waals surface area (Å²) in [6.45, 7) is 3.06. The van der Waals surface area contributed by atoms with Crippen molar-refractivity contribution < 1.29 is 18.0 Å². The number of hydrogen-bond acceptors (Lipinski definition) is 4. The van der Waals surface area contributed by atoms with Gasteiger partial charge in [-0.3, -0.25) is 14.3 Å². The third-order valence-corrected chi connectivity index (χ3v) is 5.82. The average molecular weight is 408 g/mol. The number of ketones is 1. The van der Waals surface area contributed by atoms with Gasteiger partial charge in [-0.2, -0.15) is 0 Å². The van der Waals surface area contributed by atoms with E-state index in [1.165, 1.54) is 19.1 Å². The molecule has 0 aliphatic heterocycles. The van der Waals surface area contributed by atoms with Crippen LogP contribution in [0.1, 0.15) is 33.2 Å². The number of hydrogen-bond donors (Lipinski definition) is 2. The van der Waals surface area contributed by atoms with Crippen LogP contribution in [0, 0.1) is 6.92 Å². The van der Waals surface area contributed by atoms with Crippen molar-refractivity contribution in [3.05, 3.63) is 89.5 Å². The molecule has 3 rings (SSSR count). The molecule has 3 aromatic carbocycles. The summed E-state index contributed by atoms with van der Waals surface area (Å²) in [6, 6.07) is 19.6. The predicted molar refractivity (Wildman–Crippen MR) is 113 cm³/mol. The predicted octanol–water partition coefficient (Wildman–Crippen LogP) is 4.25. The van der Waals surface area contributed by atoms with Crippen molar-refractivity contribution >= 4 is 33.1 Å². The van der Waals surface area contributed by atoms with E-state index >= 15 is 0 Å². The second kappa shape index (κ2) is 8.28. The summed E-state index contributed by atoms with van der Waals surface area (Å²) in [5.74, 6) is -0.576. The molecule has 0 atom stereocenters. The molecule has 0 bridgehead atoms. The van der Waals surface area contributed by atoms with Crippen molar-refractivity contribution in [3.63, 3.8) is 0 Å². The summed E-state index contributed by atoms with van der Waals surface area (Å²) in [7, 11) is -3.96. The molecule has 148 valence electrons. The topological polar surface area (TPSA) is 92.3 Å². The number of amides is 1. The van der Waals surface area contributed by atoms with Crippen LogP contribution in [-0.4, -0.2) is 20.1 Å². The minimum Gasteiger partial charge on any atom is -0.322 e. The number of anilines is 2. The van der Waals surface area contributed by atoms with Gasteiger partial charge in [0, 0.05) is 22.5 Å². The zero-order chi connectivity index (χ0) is 21.0. The molecule has 0 aliphatic carbocycles. The molecule has 0 aromatic heterocycles. The van der Waals surface area contributed by atoms with Crippen LogP contribution in [-0.2, 0) is 10.0 Å². The third-order valence-electron chi connectivity index (χ3n) is 4.29. The molecule has 0 unspecified atom stereocenters. The molecular formula is C22H20N2O4S. The minimum atomic E-state index is -3.96. The molecule has 0 radical (unpaired) electrons. The zero-order valence-electron chi connectivity index (χ0n) is 16.0. The van der Waals surface area contributed by atoms with Gasteiger partial charge < -0.3 is 5.32 Å². The Morgan fingerprint density at radius 1 is 0.793 bits per heavy atom. The molecule has 1 amide bonds. The number of para-hydroxylation sites is 1. The molecule has 6 nitrogen and oxygen atoms in total. The number of aryl methyl sites for hydroxylation is 1. The van der Waals surface area contributed by atoms with E-state index in [-0.39, 0.29) is 21.9 Å². The van der Waals surface area contributed by atoms with E-state index in [1.807, 2.05) is 6.07 Å². The number of carbonyl (C=O) groups excluding carboxylic acids is 2. The molecule has 0 saturated heterocycles. The fourth-order valence-electron chi connectivity index (χ4n) is 2.77. The van der Waals surface area contributed by atoms with Crippen molar-refractivity contribution in [2.75, 3.05) is 10.0 Å². The van der Waals surface area contributed by atoms with Gasteiger partial charge in [-0.15, -0.1) is 0 Å². The summed E-state index contributed by atoms with van der Waals surface area (Å²) in [5.41, 5.74) is 2.00. The van der Waals surface area contributed by atoms with Gasteiger partial charge in [0.15, 0.2) is 5.78 Å². The SMILES string of the molecule is CC(=O)c1cccc(NS(=O)(=O)c2cc(C(=O)Nc3ccccc3)ccc2C)c1. The Morgan fingerprint density at radius 3 is 2.17 bits per heavy atom. The van der Waals surface area contributed by atoms with E-state index in [9.17, 15) is 18.0 Å². The Hall–Kier alpha value is -3.45. The van der Waals surface area contributed by atoms with E-state index in [0.29, 0.717) is 16.8 Å². The van der Waals surface area contributed by atoms with Crippen molar-refractivity contribution in [2.45, 2.75) is 18.7 Å². The number of rotatable bonds is 6. The Kier molecular flexibility index (Phi) is 5.79.